The molecule has 0 aromatic heterocycles. The summed E-state index contributed by atoms with van der Waals surface area (Å²) in [7, 11) is -3.50. The predicted molar refractivity (Wildman–Crippen MR) is 115 cm³/mol. The van der Waals surface area contributed by atoms with Crippen molar-refractivity contribution in [1.29, 1.82) is 0 Å². The van der Waals surface area contributed by atoms with Crippen molar-refractivity contribution in [2.24, 2.45) is 5.92 Å². The molecule has 5 nitrogen and oxygen atoms in total. The van der Waals surface area contributed by atoms with Gasteiger partial charge in [-0.25, -0.2) is 8.42 Å². The van der Waals surface area contributed by atoms with Gasteiger partial charge in [0.2, 0.25) is 15.9 Å². The van der Waals surface area contributed by atoms with E-state index in [2.05, 4.69) is 25.1 Å². The summed E-state index contributed by atoms with van der Waals surface area (Å²) in [5.41, 5.74) is 4.52. The number of fused-ring (bicyclic) bond motifs is 1. The highest BCUT2D eigenvalue weighted by Gasteiger charge is 2.35. The van der Waals surface area contributed by atoms with E-state index in [1.807, 2.05) is 24.0 Å². The molecule has 0 radical (unpaired) electrons. The van der Waals surface area contributed by atoms with E-state index < -0.39 is 10.0 Å². The predicted octanol–water partition coefficient (Wildman–Crippen LogP) is 3.68. The van der Waals surface area contributed by atoms with Gasteiger partial charge in [-0.05, 0) is 63.3 Å². The van der Waals surface area contributed by atoms with Crippen LogP contribution in [0, 0.1) is 19.8 Å². The summed E-state index contributed by atoms with van der Waals surface area (Å²) >= 11 is 0. The number of benzene rings is 2. The Hall–Kier alpha value is -2.18. The number of piperidine rings is 1. The van der Waals surface area contributed by atoms with Crippen LogP contribution in [0.2, 0.25) is 0 Å². The molecule has 1 saturated heterocycles. The molecule has 0 bridgehead atoms. The third kappa shape index (κ3) is 3.96. The number of aryl methyl sites for hydroxylation is 3. The van der Waals surface area contributed by atoms with Crippen LogP contribution in [0.15, 0.2) is 47.4 Å². The minimum absolute atomic E-state index is 0.119. The summed E-state index contributed by atoms with van der Waals surface area (Å²) < 4.78 is 27.3. The normalized spacial score (nSPS) is 18.5. The zero-order chi connectivity index (χ0) is 20.6. The van der Waals surface area contributed by atoms with Gasteiger partial charge < -0.3 is 4.90 Å². The lowest BCUT2D eigenvalue weighted by molar-refractivity contribution is -0.123. The molecule has 2 aromatic carbocycles. The van der Waals surface area contributed by atoms with Crippen LogP contribution in [0.25, 0.3) is 0 Å². The first kappa shape index (κ1) is 20.1. The van der Waals surface area contributed by atoms with Crippen molar-refractivity contribution in [2.45, 2.75) is 44.4 Å². The Balaban J connectivity index is 1.45. The maximum Gasteiger partial charge on any atom is 0.243 e. The van der Waals surface area contributed by atoms with E-state index in [1.165, 1.54) is 15.4 Å². The molecule has 0 N–H and O–H groups in total. The van der Waals surface area contributed by atoms with Crippen LogP contribution in [0.4, 0.5) is 5.69 Å². The average Bonchev–Trinajstić information content (AvgIpc) is 2.73. The molecule has 2 aromatic rings. The zero-order valence-electron chi connectivity index (χ0n) is 17.1. The molecule has 29 heavy (non-hydrogen) atoms. The van der Waals surface area contributed by atoms with Crippen molar-refractivity contribution >= 4 is 21.6 Å². The Morgan fingerprint density at radius 3 is 2.28 bits per heavy atom. The third-order valence-electron chi connectivity index (χ3n) is 6.08. The number of nitrogens with zero attached hydrogens (tertiary/aromatic N) is 2. The summed E-state index contributed by atoms with van der Waals surface area (Å²) in [5.74, 6) is 0.0221. The van der Waals surface area contributed by atoms with Crippen LogP contribution in [0.5, 0.6) is 0 Å². The van der Waals surface area contributed by atoms with Gasteiger partial charge in [-0.3, -0.25) is 4.79 Å². The molecule has 6 heteroatoms. The van der Waals surface area contributed by atoms with Crippen LogP contribution in [0.1, 0.15) is 36.0 Å². The lowest BCUT2D eigenvalue weighted by Gasteiger charge is -2.36. The molecular weight excluding hydrogens is 384 g/mol. The first-order valence-electron chi connectivity index (χ1n) is 10.3. The van der Waals surface area contributed by atoms with Gasteiger partial charge in [0, 0.05) is 31.2 Å². The number of carbonyl (C=O) groups excluding carboxylic acids is 1. The highest BCUT2D eigenvalue weighted by Crippen LogP contribution is 2.32. The smallest absolute Gasteiger partial charge is 0.243 e. The van der Waals surface area contributed by atoms with E-state index >= 15 is 0 Å². The summed E-state index contributed by atoms with van der Waals surface area (Å²) in [6, 6.07) is 13.2. The number of rotatable bonds is 3. The van der Waals surface area contributed by atoms with Gasteiger partial charge in [0.15, 0.2) is 0 Å². The number of hydrogen-bond acceptors (Lipinski definition) is 3. The monoisotopic (exact) mass is 412 g/mol. The maximum absolute atomic E-state index is 13.2. The fraction of sp³-hybridized carbons (Fsp3) is 0.435. The van der Waals surface area contributed by atoms with Crippen LogP contribution < -0.4 is 4.90 Å². The second-order valence-electron chi connectivity index (χ2n) is 8.22. The van der Waals surface area contributed by atoms with Gasteiger partial charge in [0.25, 0.3) is 0 Å². The molecule has 154 valence electrons. The van der Waals surface area contributed by atoms with Crippen LogP contribution >= 0.6 is 0 Å². The minimum Gasteiger partial charge on any atom is -0.312 e. The average molecular weight is 413 g/mol. The molecule has 0 saturated carbocycles. The first-order chi connectivity index (χ1) is 13.9. The van der Waals surface area contributed by atoms with E-state index in [4.69, 9.17) is 0 Å². The van der Waals surface area contributed by atoms with Crippen molar-refractivity contribution < 1.29 is 13.2 Å². The molecule has 2 aliphatic rings. The van der Waals surface area contributed by atoms with E-state index in [0.29, 0.717) is 30.8 Å². The van der Waals surface area contributed by atoms with E-state index in [9.17, 15) is 13.2 Å². The van der Waals surface area contributed by atoms with Gasteiger partial charge in [0.1, 0.15) is 0 Å². The Morgan fingerprint density at radius 1 is 0.931 bits per heavy atom. The summed E-state index contributed by atoms with van der Waals surface area (Å²) in [4.78, 5) is 15.5. The summed E-state index contributed by atoms with van der Waals surface area (Å²) in [6.07, 6.45) is 3.13. The van der Waals surface area contributed by atoms with Crippen molar-refractivity contribution in [3.63, 3.8) is 0 Å². The SMILES string of the molecule is Cc1ccc(S(=O)(=O)N2CCC(C(=O)N3CCCc4cc(C)ccc43)CC2)cc1. The van der Waals surface area contributed by atoms with E-state index in [0.717, 1.165) is 30.6 Å². The lowest BCUT2D eigenvalue weighted by Crippen LogP contribution is -2.45. The van der Waals surface area contributed by atoms with Gasteiger partial charge in [-0.2, -0.15) is 4.31 Å². The molecule has 0 atom stereocenters. The van der Waals surface area contributed by atoms with Crippen LogP contribution in [0.3, 0.4) is 0 Å². The highest BCUT2D eigenvalue weighted by molar-refractivity contribution is 7.89. The van der Waals surface area contributed by atoms with Crippen LogP contribution in [-0.4, -0.2) is 38.3 Å². The second kappa shape index (κ2) is 7.92. The van der Waals surface area contributed by atoms with Crippen LogP contribution in [-0.2, 0) is 21.2 Å². The lowest BCUT2D eigenvalue weighted by atomic mass is 9.93. The minimum atomic E-state index is -3.50. The topological polar surface area (TPSA) is 57.7 Å². The standard InChI is InChI=1S/C23H28N2O3S/c1-17-5-8-21(9-6-17)29(27,28)24-14-11-19(12-15-24)23(26)25-13-3-4-20-16-18(2)7-10-22(20)25/h5-10,16,19H,3-4,11-15H2,1-2H3. The summed E-state index contributed by atoms with van der Waals surface area (Å²) in [6.45, 7) is 5.54. The first-order valence-corrected chi connectivity index (χ1v) is 11.8. The number of carbonyl (C=O) groups is 1. The Bertz CT molecular complexity index is 1010. The number of hydrogen-bond donors (Lipinski definition) is 0. The van der Waals surface area contributed by atoms with E-state index in [1.54, 1.807) is 12.1 Å². The number of anilines is 1. The largest absolute Gasteiger partial charge is 0.312 e. The molecule has 1 amide bonds. The molecule has 0 aliphatic carbocycles. The third-order valence-corrected chi connectivity index (χ3v) is 7.99. The summed E-state index contributed by atoms with van der Waals surface area (Å²) in [5, 5.41) is 0. The number of amides is 1. The molecule has 0 unspecified atom stereocenters. The zero-order valence-corrected chi connectivity index (χ0v) is 17.9. The van der Waals surface area contributed by atoms with Gasteiger partial charge in [0.05, 0.1) is 4.90 Å². The molecule has 1 fully saturated rings. The van der Waals surface area contributed by atoms with Crippen molar-refractivity contribution in [2.75, 3.05) is 24.5 Å². The highest BCUT2D eigenvalue weighted by atomic mass is 32.2. The Morgan fingerprint density at radius 2 is 1.59 bits per heavy atom. The van der Waals surface area contributed by atoms with Crippen molar-refractivity contribution in [3.05, 3.63) is 59.2 Å². The molecule has 2 aliphatic heterocycles. The fourth-order valence-corrected chi connectivity index (χ4v) is 5.85. The molecule has 0 spiro atoms. The maximum atomic E-state index is 13.2. The second-order valence-corrected chi connectivity index (χ2v) is 10.2. The Labute approximate surface area is 173 Å². The fourth-order valence-electron chi connectivity index (χ4n) is 4.38. The molecule has 4 rings (SSSR count). The Kier molecular flexibility index (Phi) is 5.49. The molecular formula is C23H28N2O3S. The van der Waals surface area contributed by atoms with E-state index in [-0.39, 0.29) is 11.8 Å². The quantitative estimate of drug-likeness (QED) is 0.773. The number of sulfonamides is 1. The van der Waals surface area contributed by atoms with Crippen molar-refractivity contribution in [1.82, 2.24) is 4.31 Å². The van der Waals surface area contributed by atoms with Gasteiger partial charge >= 0.3 is 0 Å². The van der Waals surface area contributed by atoms with Crippen molar-refractivity contribution in [3.8, 4) is 0 Å². The van der Waals surface area contributed by atoms with Gasteiger partial charge in [-0.15, -0.1) is 0 Å². The van der Waals surface area contributed by atoms with Gasteiger partial charge in [-0.1, -0.05) is 35.4 Å². The molecule has 2 heterocycles.